The maximum absolute atomic E-state index is 6.57. The van der Waals surface area contributed by atoms with Crippen molar-refractivity contribution in [1.29, 1.82) is 0 Å². The fourth-order valence-corrected chi connectivity index (χ4v) is 25.5. The van der Waals surface area contributed by atoms with E-state index in [9.17, 15) is 0 Å². The third-order valence-electron chi connectivity index (χ3n) is 27.6. The number of hydrogen-bond donors (Lipinski definition) is 0. The van der Waals surface area contributed by atoms with Gasteiger partial charge in [-0.2, -0.15) is 0 Å². The van der Waals surface area contributed by atoms with Crippen LogP contribution in [-0.4, -0.2) is 79.3 Å². The van der Waals surface area contributed by atoms with E-state index >= 15 is 0 Å². The van der Waals surface area contributed by atoms with Crippen LogP contribution in [0.5, 0.6) is 34.5 Å². The highest BCUT2D eigenvalue weighted by Gasteiger charge is 2.45. The van der Waals surface area contributed by atoms with E-state index in [4.69, 9.17) is 81.4 Å². The lowest BCUT2D eigenvalue weighted by Gasteiger charge is -2.38. The summed E-state index contributed by atoms with van der Waals surface area (Å²) >= 11 is 1.78. The molecule has 0 atom stereocenters. The molecular weight excluding hydrogens is 1790 g/mol. The summed E-state index contributed by atoms with van der Waals surface area (Å²) in [6, 6.07) is 43.5. The van der Waals surface area contributed by atoms with E-state index in [-0.39, 0.29) is 54.1 Å². The van der Waals surface area contributed by atoms with Gasteiger partial charge in [-0.15, -0.1) is 0 Å². The molecule has 6 aliphatic heterocycles. The van der Waals surface area contributed by atoms with E-state index in [0.717, 1.165) is 147 Å². The quantitative estimate of drug-likeness (QED) is 0.0333. The molecule has 6 heterocycles. The highest BCUT2D eigenvalue weighted by atomic mass is 32.2. The molecule has 0 saturated carbocycles. The molecule has 6 aromatic carbocycles. The third-order valence-corrected chi connectivity index (χ3v) is 34.7. The van der Waals surface area contributed by atoms with Crippen molar-refractivity contribution in [3.8, 4) is 34.5 Å². The summed E-state index contributed by atoms with van der Waals surface area (Å²) < 4.78 is 110. The van der Waals surface area contributed by atoms with E-state index < -0.39 is 51.6 Å². The zero-order chi connectivity index (χ0) is 95.9. The lowest BCUT2D eigenvalue weighted by molar-refractivity contribution is 0.00774. The molecule has 740 valence electrons. The predicted molar refractivity (Wildman–Crippen MR) is 551 cm³/mol. The Morgan fingerprint density at radius 2 is 0.508 bits per heavy atom. The number of rotatable bonds is 40. The molecule has 0 bridgehead atoms. The molecule has 6 saturated heterocycles. The van der Waals surface area contributed by atoms with Gasteiger partial charge in [0.05, 0.1) is 79.3 Å². The summed E-state index contributed by atoms with van der Waals surface area (Å²) in [5.74, 6) is 5.00. The molecule has 0 aromatic heterocycles. The first-order chi connectivity index (χ1) is 63.0. The van der Waals surface area contributed by atoms with Gasteiger partial charge >= 0.3 is 51.6 Å². The zero-order valence-electron chi connectivity index (χ0n) is 85.5. The van der Waals surface area contributed by atoms with E-state index in [1.54, 1.807) is 11.8 Å². The number of aryl methyl sites for hydroxylation is 2. The van der Waals surface area contributed by atoms with Crippen molar-refractivity contribution < 1.29 is 81.4 Å². The molecule has 0 unspecified atom stereocenters. The van der Waals surface area contributed by atoms with E-state index in [0.29, 0.717) is 52.9 Å². The minimum Gasteiger partial charge on any atom is -0.427 e. The normalized spacial score (nSPS) is 26.0. The summed E-state index contributed by atoms with van der Waals surface area (Å²) in [4.78, 5) is 2.36. The van der Waals surface area contributed by atoms with Crippen molar-refractivity contribution in [1.82, 2.24) is 0 Å². The Morgan fingerprint density at radius 3 is 0.758 bits per heavy atom. The van der Waals surface area contributed by atoms with Gasteiger partial charge in [-0.25, -0.2) is 0 Å². The van der Waals surface area contributed by atoms with Crippen LogP contribution in [0.25, 0.3) is 0 Å². The van der Waals surface area contributed by atoms with E-state index in [1.807, 2.05) is 66.7 Å². The predicted octanol–water partition coefficient (Wildman–Crippen LogP) is 35.2. The standard InChI is InChI=1S/C40H64O6P2S.C33H50O6P2.C19H31O3P.C15H23O3P/c1-13-17-19-39(15-3)25-41-47(42-26-39)45-35-29(5)21-31(23-33(35)37(7,8)9)49-32-22-30(6)36(34(24-32)38(10,11)12)46-48-43-27-40(16-4,28-44-48)20-18-14-2;1-7-11-21-32(9-3)23-34-40(35-24-32)38-29-17-13-27(14-18-29)31(5,6)28-15-19-30(20-16-28)39-41-36-25-33(10-4,26-37-41)22-12-8-2;1-6-8-13-19(7-2)14-20-23(21-15-19)22-17-12-10-9-11-16(17)18(3,4)5;1-3-5-11-15(4-2)12-16-19(17-13-15)18-14-9-7-6-8-10-14/h21-24H,13-20,25-28H2,1-12H3;13-20H,7-12,21-26H2,1-6H3;9-12H,6-8,13-15H2,1-5H3;6-10H,3-5,11-13H2,1-2H3. The number of hydrogen-bond acceptors (Lipinski definition) is 19. The first-order valence-corrected chi connectivity index (χ1v) is 57.2. The molecule has 0 N–H and O–H groups in total. The SMILES string of the molecule is CCCCC1(CC)COP(Oc2c(C)cc(Sc3cc(C)c(OP4OCC(CC)(CCCC)CO4)c(C(C)(C)C)c3)cc2C(C)(C)C)OC1.CCCCC1(CC)COP(Oc2ccc(C(C)(C)c3ccc(OP4OCC(CC)(CCCC)CO4)cc3)cc2)OC1.CCCCC1(CC)COP(Oc2ccccc2)OC1.CCCCC1(CC)COP(Oc2ccccc2C(C)(C)C)OC1. The minimum absolute atomic E-state index is 0.0377. The Hall–Kier alpha value is -3.43. The van der Waals surface area contributed by atoms with Crippen LogP contribution in [0, 0.1) is 46.3 Å². The number of para-hydroxylation sites is 2. The molecule has 132 heavy (non-hydrogen) atoms. The fourth-order valence-electron chi connectivity index (χ4n) is 16.8. The first kappa shape index (κ1) is 112. The maximum Gasteiger partial charge on any atom is 0.397 e. The Kier molecular flexibility index (Phi) is 45.4. The zero-order valence-corrected chi connectivity index (χ0v) is 91.7. The Balaban J connectivity index is 0.000000211. The molecule has 12 rings (SSSR count). The Labute approximate surface area is 810 Å². The second-order valence-corrected chi connectivity index (χ2v) is 49.5. The smallest absolute Gasteiger partial charge is 0.397 e. The minimum atomic E-state index is -1.45. The van der Waals surface area contributed by atoms with Gasteiger partial charge in [-0.3, -0.25) is 0 Å². The lowest BCUT2D eigenvalue weighted by atomic mass is 9.78. The van der Waals surface area contributed by atoms with Gasteiger partial charge < -0.3 is 81.4 Å². The average molecular weight is 1960 g/mol. The van der Waals surface area contributed by atoms with Gasteiger partial charge in [0, 0.05) is 58.8 Å². The Bertz CT molecular complexity index is 4100. The summed E-state index contributed by atoms with van der Waals surface area (Å²) in [6.45, 7) is 64.1. The van der Waals surface area contributed by atoms with Crippen LogP contribution in [0.15, 0.2) is 137 Å². The molecule has 0 aliphatic carbocycles. The van der Waals surface area contributed by atoms with Gasteiger partial charge in [-0.05, 0) is 202 Å². The molecule has 25 heteroatoms. The van der Waals surface area contributed by atoms with Crippen LogP contribution >= 0.6 is 63.4 Å². The van der Waals surface area contributed by atoms with Crippen molar-refractivity contribution in [3.05, 3.63) is 166 Å². The molecule has 18 nitrogen and oxygen atoms in total. The second-order valence-electron chi connectivity index (χ2n) is 41.5. The van der Waals surface area contributed by atoms with Crippen LogP contribution < -0.4 is 27.1 Å². The summed E-state index contributed by atoms with van der Waals surface area (Å²) in [5.41, 5.74) is 8.47. The van der Waals surface area contributed by atoms with Crippen molar-refractivity contribution in [2.24, 2.45) is 32.5 Å². The van der Waals surface area contributed by atoms with Crippen molar-refractivity contribution in [2.45, 2.75) is 359 Å². The van der Waals surface area contributed by atoms with Gasteiger partial charge in [0.1, 0.15) is 34.5 Å². The van der Waals surface area contributed by atoms with Crippen molar-refractivity contribution >= 4 is 63.4 Å². The van der Waals surface area contributed by atoms with Crippen LogP contribution in [0.1, 0.15) is 352 Å². The largest absolute Gasteiger partial charge is 0.427 e. The molecule has 6 fully saturated rings. The van der Waals surface area contributed by atoms with Gasteiger partial charge in [0.25, 0.3) is 0 Å². The summed E-state index contributed by atoms with van der Waals surface area (Å²) in [7, 11) is -8.14. The fraction of sp³-hybridized carbons (Fsp3) is 0.664. The van der Waals surface area contributed by atoms with Gasteiger partial charge in [-0.1, -0.05) is 309 Å². The van der Waals surface area contributed by atoms with Crippen molar-refractivity contribution in [3.63, 3.8) is 0 Å². The van der Waals surface area contributed by atoms with Crippen LogP contribution in [-0.2, 0) is 75.9 Å². The van der Waals surface area contributed by atoms with Crippen LogP contribution in [0.4, 0.5) is 0 Å². The van der Waals surface area contributed by atoms with Gasteiger partial charge in [0.15, 0.2) is 0 Å². The highest BCUT2D eigenvalue weighted by Crippen LogP contribution is 2.59. The lowest BCUT2D eigenvalue weighted by Crippen LogP contribution is -2.34. The molecule has 6 aromatic rings. The summed E-state index contributed by atoms with van der Waals surface area (Å²) in [6.07, 6.45) is 27.8. The summed E-state index contributed by atoms with van der Waals surface area (Å²) in [5, 5.41) is 0. The van der Waals surface area contributed by atoms with Crippen molar-refractivity contribution in [2.75, 3.05) is 79.3 Å². The molecule has 0 spiro atoms. The topological polar surface area (TPSA) is 166 Å². The number of unbranched alkanes of at least 4 members (excludes halogenated alkanes) is 6. The molecule has 0 radical (unpaired) electrons. The maximum atomic E-state index is 6.57. The monoisotopic (exact) mass is 1960 g/mol. The molecular formula is C107H168O18P6S. The van der Waals surface area contributed by atoms with E-state index in [2.05, 4.69) is 234 Å². The Morgan fingerprint density at radius 1 is 0.273 bits per heavy atom. The van der Waals surface area contributed by atoms with E-state index in [1.165, 1.54) is 116 Å². The number of benzene rings is 6. The van der Waals surface area contributed by atoms with Crippen LogP contribution in [0.2, 0.25) is 0 Å². The molecule has 0 amide bonds. The third kappa shape index (κ3) is 33.1. The average Bonchev–Trinajstić information content (AvgIpc) is 0.801. The molecule has 6 aliphatic rings. The highest BCUT2D eigenvalue weighted by molar-refractivity contribution is 7.99. The first-order valence-electron chi connectivity index (χ1n) is 49.8. The second kappa shape index (κ2) is 53.4. The van der Waals surface area contributed by atoms with Crippen LogP contribution in [0.3, 0.4) is 0 Å². The van der Waals surface area contributed by atoms with Gasteiger partial charge in [0.2, 0.25) is 0 Å².